The molecule has 0 aliphatic carbocycles. The minimum Gasteiger partial charge on any atom is -0.342 e. The Morgan fingerprint density at radius 3 is 2.33 bits per heavy atom. The van der Waals surface area contributed by atoms with Crippen LogP contribution in [0.3, 0.4) is 0 Å². The van der Waals surface area contributed by atoms with E-state index in [-0.39, 0.29) is 35.0 Å². The van der Waals surface area contributed by atoms with Gasteiger partial charge in [-0.1, -0.05) is 42.0 Å². The van der Waals surface area contributed by atoms with Gasteiger partial charge in [0.2, 0.25) is 11.8 Å². The van der Waals surface area contributed by atoms with Gasteiger partial charge < -0.3 is 10.2 Å². The molecule has 0 spiro atoms. The largest absolute Gasteiger partial charge is 0.342 e. The molecule has 0 unspecified atom stereocenters. The van der Waals surface area contributed by atoms with Crippen molar-refractivity contribution in [3.8, 4) is 0 Å². The first-order valence-corrected chi connectivity index (χ1v) is 11.4. The molecule has 1 N–H and O–H groups in total. The molecule has 0 aromatic heterocycles. The summed E-state index contributed by atoms with van der Waals surface area (Å²) in [4.78, 5) is 39.0. The highest BCUT2D eigenvalue weighted by molar-refractivity contribution is 8.00. The predicted molar refractivity (Wildman–Crippen MR) is 122 cm³/mol. The molecule has 1 saturated heterocycles. The number of Topliss-reactive ketones (excluding diaryl/α,β-unsaturated/α-hetero) is 1. The summed E-state index contributed by atoms with van der Waals surface area (Å²) in [6.07, 6.45) is 1.38. The van der Waals surface area contributed by atoms with E-state index in [0.717, 1.165) is 22.4 Å². The third-order valence-electron chi connectivity index (χ3n) is 5.32. The van der Waals surface area contributed by atoms with Crippen LogP contribution in [-0.2, 0) is 9.59 Å². The maximum absolute atomic E-state index is 12.7. The molecule has 1 aliphatic heterocycles. The number of carbonyl (C=O) groups is 3. The number of hydrogen-bond donors (Lipinski definition) is 1. The van der Waals surface area contributed by atoms with Crippen molar-refractivity contribution in [2.45, 2.75) is 26.7 Å². The zero-order valence-corrected chi connectivity index (χ0v) is 18.3. The normalized spacial score (nSPS) is 14.4. The van der Waals surface area contributed by atoms with Crippen molar-refractivity contribution < 1.29 is 14.4 Å². The SMILES string of the molecule is Cc1ccc(C(=O)C2CCN(C(=O)CSCC(=O)Nc3cccc(C)c3)CC2)cc1. The second-order valence-corrected chi connectivity index (χ2v) is 8.78. The Kier molecular flexibility index (Phi) is 7.69. The fraction of sp³-hybridized carbons (Fsp3) is 0.375. The zero-order chi connectivity index (χ0) is 21.5. The summed E-state index contributed by atoms with van der Waals surface area (Å²) in [6, 6.07) is 15.3. The Bertz CT molecular complexity index is 903. The van der Waals surface area contributed by atoms with Gasteiger partial charge in [0.15, 0.2) is 5.78 Å². The quantitative estimate of drug-likeness (QED) is 0.680. The summed E-state index contributed by atoms with van der Waals surface area (Å²) < 4.78 is 0. The van der Waals surface area contributed by atoms with Gasteiger partial charge in [-0.3, -0.25) is 14.4 Å². The topological polar surface area (TPSA) is 66.5 Å². The summed E-state index contributed by atoms with van der Waals surface area (Å²) in [6.45, 7) is 5.16. The fourth-order valence-corrected chi connectivity index (χ4v) is 4.30. The molecule has 2 amide bonds. The molecule has 5 nitrogen and oxygen atoms in total. The van der Waals surface area contributed by atoms with E-state index in [1.807, 2.05) is 67.3 Å². The summed E-state index contributed by atoms with van der Waals surface area (Å²) in [5, 5.41) is 2.85. The van der Waals surface area contributed by atoms with Crippen LogP contribution in [0.1, 0.15) is 34.3 Å². The van der Waals surface area contributed by atoms with E-state index < -0.39 is 0 Å². The number of ketones is 1. The molecule has 30 heavy (non-hydrogen) atoms. The lowest BCUT2D eigenvalue weighted by molar-refractivity contribution is -0.129. The molecule has 1 heterocycles. The van der Waals surface area contributed by atoms with Crippen LogP contribution in [0.5, 0.6) is 0 Å². The standard InChI is InChI=1S/C24H28N2O3S/c1-17-6-8-19(9-7-17)24(29)20-10-12-26(13-11-20)23(28)16-30-15-22(27)25-21-5-3-4-18(2)14-21/h3-9,14,20H,10-13,15-16H2,1-2H3,(H,25,27). The first-order chi connectivity index (χ1) is 14.4. The first kappa shape index (κ1) is 22.1. The van der Waals surface area contributed by atoms with Crippen molar-refractivity contribution in [3.05, 3.63) is 65.2 Å². The van der Waals surface area contributed by atoms with E-state index in [1.54, 1.807) is 0 Å². The molecule has 0 radical (unpaired) electrons. The summed E-state index contributed by atoms with van der Waals surface area (Å²) >= 11 is 1.32. The maximum atomic E-state index is 12.7. The zero-order valence-electron chi connectivity index (χ0n) is 17.5. The lowest BCUT2D eigenvalue weighted by Gasteiger charge is -2.31. The number of nitrogens with zero attached hydrogens (tertiary/aromatic N) is 1. The molecule has 1 aliphatic rings. The van der Waals surface area contributed by atoms with Crippen LogP contribution in [0.4, 0.5) is 5.69 Å². The number of carbonyl (C=O) groups excluding carboxylic acids is 3. The van der Waals surface area contributed by atoms with E-state index in [1.165, 1.54) is 11.8 Å². The lowest BCUT2D eigenvalue weighted by atomic mass is 9.88. The molecular formula is C24H28N2O3S. The number of thioether (sulfide) groups is 1. The van der Waals surface area contributed by atoms with Gasteiger partial charge in [-0.25, -0.2) is 0 Å². The van der Waals surface area contributed by atoms with Crippen LogP contribution >= 0.6 is 11.8 Å². The molecule has 0 atom stereocenters. The number of hydrogen-bond acceptors (Lipinski definition) is 4. The van der Waals surface area contributed by atoms with Crippen molar-refractivity contribution in [1.82, 2.24) is 4.90 Å². The molecule has 2 aromatic carbocycles. The Balaban J connectivity index is 1.38. The number of aryl methyl sites for hydroxylation is 2. The molecule has 2 aromatic rings. The van der Waals surface area contributed by atoms with Crippen LogP contribution in [0, 0.1) is 19.8 Å². The van der Waals surface area contributed by atoms with Crippen molar-refractivity contribution in [2.75, 3.05) is 29.9 Å². The fourth-order valence-electron chi connectivity index (χ4n) is 3.59. The summed E-state index contributed by atoms with van der Waals surface area (Å²) in [7, 11) is 0. The Morgan fingerprint density at radius 2 is 1.67 bits per heavy atom. The minimum atomic E-state index is -0.110. The highest BCUT2D eigenvalue weighted by atomic mass is 32.2. The molecule has 158 valence electrons. The van der Waals surface area contributed by atoms with E-state index in [0.29, 0.717) is 25.9 Å². The van der Waals surface area contributed by atoms with Crippen molar-refractivity contribution in [3.63, 3.8) is 0 Å². The number of benzene rings is 2. The lowest BCUT2D eigenvalue weighted by Crippen LogP contribution is -2.41. The van der Waals surface area contributed by atoms with Crippen LogP contribution in [0.2, 0.25) is 0 Å². The molecular weight excluding hydrogens is 396 g/mol. The smallest absolute Gasteiger partial charge is 0.234 e. The molecule has 0 saturated carbocycles. The minimum absolute atomic E-state index is 0.0236. The number of amides is 2. The Hall–Kier alpha value is -2.60. The van der Waals surface area contributed by atoms with Crippen molar-refractivity contribution in [2.24, 2.45) is 5.92 Å². The van der Waals surface area contributed by atoms with Crippen LogP contribution in [0.25, 0.3) is 0 Å². The van der Waals surface area contributed by atoms with Gasteiger partial charge in [0.05, 0.1) is 11.5 Å². The number of rotatable bonds is 7. The van der Waals surface area contributed by atoms with E-state index >= 15 is 0 Å². The van der Waals surface area contributed by atoms with Gasteiger partial charge in [0, 0.05) is 30.3 Å². The predicted octanol–water partition coefficient (Wildman–Crippen LogP) is 4.10. The third-order valence-corrected chi connectivity index (χ3v) is 6.23. The van der Waals surface area contributed by atoms with Gasteiger partial charge in [0.25, 0.3) is 0 Å². The highest BCUT2D eigenvalue weighted by Gasteiger charge is 2.27. The maximum Gasteiger partial charge on any atom is 0.234 e. The van der Waals surface area contributed by atoms with Crippen molar-refractivity contribution >= 4 is 35.0 Å². The van der Waals surface area contributed by atoms with Crippen LogP contribution in [0.15, 0.2) is 48.5 Å². The summed E-state index contributed by atoms with van der Waals surface area (Å²) in [5.74, 6) is 0.582. The van der Waals surface area contributed by atoms with E-state index in [9.17, 15) is 14.4 Å². The van der Waals surface area contributed by atoms with Gasteiger partial charge >= 0.3 is 0 Å². The monoisotopic (exact) mass is 424 g/mol. The highest BCUT2D eigenvalue weighted by Crippen LogP contribution is 2.23. The second-order valence-electron chi connectivity index (χ2n) is 7.80. The third kappa shape index (κ3) is 6.20. The number of anilines is 1. The van der Waals surface area contributed by atoms with E-state index in [4.69, 9.17) is 0 Å². The van der Waals surface area contributed by atoms with Crippen molar-refractivity contribution in [1.29, 1.82) is 0 Å². The number of nitrogens with one attached hydrogen (secondary N) is 1. The van der Waals surface area contributed by atoms with Crippen LogP contribution in [-0.4, -0.2) is 47.1 Å². The van der Waals surface area contributed by atoms with Gasteiger partial charge in [0.1, 0.15) is 0 Å². The Labute approximate surface area is 182 Å². The Morgan fingerprint density at radius 1 is 0.967 bits per heavy atom. The average Bonchev–Trinajstić information content (AvgIpc) is 2.74. The number of likely N-dealkylation sites (tertiary alicyclic amines) is 1. The molecule has 6 heteroatoms. The summed E-state index contributed by atoms with van der Waals surface area (Å²) in [5.41, 5.74) is 3.74. The van der Waals surface area contributed by atoms with Gasteiger partial charge in [-0.2, -0.15) is 0 Å². The average molecular weight is 425 g/mol. The van der Waals surface area contributed by atoms with E-state index in [2.05, 4.69) is 5.32 Å². The van der Waals surface area contributed by atoms with Crippen LogP contribution < -0.4 is 5.32 Å². The van der Waals surface area contributed by atoms with Gasteiger partial charge in [-0.15, -0.1) is 11.8 Å². The molecule has 3 rings (SSSR count). The van der Waals surface area contributed by atoms with Gasteiger partial charge in [-0.05, 0) is 44.4 Å². The number of piperidine rings is 1. The first-order valence-electron chi connectivity index (χ1n) is 10.3. The molecule has 1 fully saturated rings. The second kappa shape index (κ2) is 10.4. The molecule has 0 bridgehead atoms.